The number of hydrazine groups is 1. The molecule has 0 saturated carbocycles. The molecule has 1 aliphatic heterocycles. The largest absolute Gasteiger partial charge is 0.495 e. The Hall–Kier alpha value is -2.84. The summed E-state index contributed by atoms with van der Waals surface area (Å²) in [5, 5.41) is 11.5. The Morgan fingerprint density at radius 1 is 1.06 bits per heavy atom. The molecule has 3 rings (SSSR count). The Balaban J connectivity index is 0.00000199. The monoisotopic (exact) mass is 468 g/mol. The lowest BCUT2D eigenvalue weighted by Gasteiger charge is -2.30. The fourth-order valence-corrected chi connectivity index (χ4v) is 3.81. The van der Waals surface area contributed by atoms with Crippen molar-refractivity contribution in [1.82, 2.24) is 10.4 Å². The van der Waals surface area contributed by atoms with Crippen molar-refractivity contribution in [3.63, 3.8) is 0 Å². The molecule has 0 saturated heterocycles. The van der Waals surface area contributed by atoms with Crippen LogP contribution < -0.4 is 15.6 Å². The molecule has 0 unspecified atom stereocenters. The van der Waals surface area contributed by atoms with Crippen LogP contribution in [-0.2, 0) is 4.65 Å². The van der Waals surface area contributed by atoms with Crippen LogP contribution in [0.5, 0.6) is 5.75 Å². The molecule has 184 valence electrons. The van der Waals surface area contributed by atoms with Gasteiger partial charge in [0.05, 0.1) is 6.61 Å². The highest BCUT2D eigenvalue weighted by atomic mass is 16.6. The molecule has 0 radical (unpaired) electrons. The zero-order valence-corrected chi connectivity index (χ0v) is 21.6. The first-order valence-electron chi connectivity index (χ1n) is 11.7. The van der Waals surface area contributed by atoms with Gasteiger partial charge in [-0.3, -0.25) is 15.0 Å². The van der Waals surface area contributed by atoms with Crippen molar-refractivity contribution in [3.05, 3.63) is 58.1 Å². The van der Waals surface area contributed by atoms with Crippen LogP contribution in [0.4, 0.5) is 0 Å². The number of rotatable bonds is 3. The summed E-state index contributed by atoms with van der Waals surface area (Å²) in [4.78, 5) is 26.6. The topological polar surface area (TPSA) is 88.1 Å². The van der Waals surface area contributed by atoms with Crippen LogP contribution in [0.25, 0.3) is 0 Å². The number of carbonyl (C=O) groups excluding carboxylic acids is 2. The summed E-state index contributed by atoms with van der Waals surface area (Å²) in [7, 11) is -1.10. The normalized spacial score (nSPS) is 13.0. The van der Waals surface area contributed by atoms with Crippen molar-refractivity contribution in [2.24, 2.45) is 5.41 Å². The van der Waals surface area contributed by atoms with Crippen molar-refractivity contribution in [2.45, 2.75) is 55.4 Å². The van der Waals surface area contributed by atoms with Gasteiger partial charge in [-0.15, -0.1) is 0 Å². The molecule has 2 N–H and O–H groups in total. The number of fused-ring (bicyclic) bond motifs is 1. The second kappa shape index (κ2) is 11.5. The summed E-state index contributed by atoms with van der Waals surface area (Å²) in [5.74, 6) is -0.256. The highest BCUT2D eigenvalue weighted by Crippen LogP contribution is 2.23. The molecule has 0 atom stereocenters. The summed E-state index contributed by atoms with van der Waals surface area (Å²) in [6.07, 6.45) is 0. The van der Waals surface area contributed by atoms with E-state index in [-0.39, 0.29) is 24.5 Å². The second-order valence-corrected chi connectivity index (χ2v) is 9.50. The summed E-state index contributed by atoms with van der Waals surface area (Å²) in [6, 6.07) is 8.87. The lowest BCUT2D eigenvalue weighted by Crippen LogP contribution is -2.50. The van der Waals surface area contributed by atoms with E-state index in [4.69, 9.17) is 9.39 Å². The van der Waals surface area contributed by atoms with E-state index in [1.165, 1.54) is 5.01 Å². The molecule has 0 spiro atoms. The highest BCUT2D eigenvalue weighted by Gasteiger charge is 2.29. The average Bonchev–Trinajstić information content (AvgIpc) is 2.94. The van der Waals surface area contributed by atoms with Crippen LogP contribution in [0.3, 0.4) is 0 Å². The summed E-state index contributed by atoms with van der Waals surface area (Å²) in [6.45, 7) is 16.5. The molecule has 2 aromatic carbocycles. The minimum atomic E-state index is -1.10. The third kappa shape index (κ3) is 6.84. The summed E-state index contributed by atoms with van der Waals surface area (Å²) < 4.78 is 11.0. The lowest BCUT2D eigenvalue weighted by molar-refractivity contribution is 0.0508. The van der Waals surface area contributed by atoms with Gasteiger partial charge in [-0.05, 0) is 44.4 Å². The minimum absolute atomic E-state index is 0.241. The Morgan fingerprint density at radius 2 is 1.68 bits per heavy atom. The maximum Gasteiger partial charge on any atom is 0.495 e. The van der Waals surface area contributed by atoms with Crippen LogP contribution in [0, 0.1) is 26.2 Å². The maximum absolute atomic E-state index is 13.3. The maximum atomic E-state index is 13.3. The first-order valence-corrected chi connectivity index (χ1v) is 11.7. The van der Waals surface area contributed by atoms with Crippen LogP contribution in [0.2, 0.25) is 0 Å². The molecule has 34 heavy (non-hydrogen) atoms. The fourth-order valence-electron chi connectivity index (χ4n) is 3.81. The third-order valence-electron chi connectivity index (χ3n) is 5.14. The molecular formula is C26H37BN2O5. The number of benzene rings is 2. The van der Waals surface area contributed by atoms with Gasteiger partial charge in [0.25, 0.3) is 11.8 Å². The van der Waals surface area contributed by atoms with Crippen molar-refractivity contribution in [3.8, 4) is 5.75 Å². The molecular weight excluding hydrogens is 431 g/mol. The number of ether oxygens (including phenoxy) is 1. The minimum Gasteiger partial charge on any atom is -0.491 e. The number of nitrogens with one attached hydrogen (secondary N) is 1. The molecule has 1 heterocycles. The SMILES string of the molecule is CC.Cc1cc(C)cc(C(=O)N(CC(C)(C)C)NC(=O)c2ccc3c(c2C)OCCOB3O)c1. The van der Waals surface area contributed by atoms with Gasteiger partial charge in [0.1, 0.15) is 12.4 Å². The van der Waals surface area contributed by atoms with Gasteiger partial charge in [-0.1, -0.05) is 57.9 Å². The predicted octanol–water partition coefficient (Wildman–Crippen LogP) is 3.57. The standard InChI is InChI=1S/C24H31BN2O5.C2H6/c1-15-11-16(2)13-18(12-15)23(29)27(14-24(4,5)6)26-22(28)19-7-8-20-21(17(19)3)31-9-10-32-25(20)30;1-2/h7-8,11-13,30H,9-10,14H2,1-6H3,(H,26,28);1-2H3. The number of carbonyl (C=O) groups is 2. The van der Waals surface area contributed by atoms with E-state index >= 15 is 0 Å². The third-order valence-corrected chi connectivity index (χ3v) is 5.14. The Kier molecular flexibility index (Phi) is 9.30. The van der Waals surface area contributed by atoms with Crippen molar-refractivity contribution < 1.29 is 24.0 Å². The van der Waals surface area contributed by atoms with Gasteiger partial charge in [0.15, 0.2) is 0 Å². The van der Waals surface area contributed by atoms with E-state index in [9.17, 15) is 14.6 Å². The smallest absolute Gasteiger partial charge is 0.491 e. The molecule has 0 fully saturated rings. The van der Waals surface area contributed by atoms with Gasteiger partial charge in [-0.25, -0.2) is 5.01 Å². The Bertz CT molecular complexity index is 1010. The molecule has 0 bridgehead atoms. The molecule has 2 amide bonds. The molecule has 0 aliphatic carbocycles. The van der Waals surface area contributed by atoms with E-state index in [0.29, 0.717) is 34.4 Å². The van der Waals surface area contributed by atoms with Crippen LogP contribution in [-0.4, -0.2) is 48.7 Å². The van der Waals surface area contributed by atoms with E-state index in [1.54, 1.807) is 19.1 Å². The van der Waals surface area contributed by atoms with Crippen molar-refractivity contribution in [1.29, 1.82) is 0 Å². The lowest BCUT2D eigenvalue weighted by atomic mass is 9.77. The van der Waals surface area contributed by atoms with Gasteiger partial charge in [0.2, 0.25) is 0 Å². The predicted molar refractivity (Wildman–Crippen MR) is 135 cm³/mol. The molecule has 0 aromatic heterocycles. The van der Waals surface area contributed by atoms with E-state index in [0.717, 1.165) is 11.1 Å². The summed E-state index contributed by atoms with van der Waals surface area (Å²) >= 11 is 0. The molecule has 1 aliphatic rings. The second-order valence-electron chi connectivity index (χ2n) is 9.50. The number of hydrogen-bond acceptors (Lipinski definition) is 5. The Labute approximate surface area is 203 Å². The van der Waals surface area contributed by atoms with E-state index < -0.39 is 13.0 Å². The van der Waals surface area contributed by atoms with Crippen molar-refractivity contribution in [2.75, 3.05) is 19.8 Å². The number of hydrogen-bond donors (Lipinski definition) is 2. The highest BCUT2D eigenvalue weighted by molar-refractivity contribution is 6.61. The number of aryl methyl sites for hydroxylation is 2. The van der Waals surface area contributed by atoms with Crippen LogP contribution in [0.1, 0.15) is 72.0 Å². The van der Waals surface area contributed by atoms with Gasteiger partial charge in [-0.2, -0.15) is 0 Å². The van der Waals surface area contributed by atoms with E-state index in [2.05, 4.69) is 5.43 Å². The van der Waals surface area contributed by atoms with E-state index in [1.807, 2.05) is 66.7 Å². The molecule has 7 nitrogen and oxygen atoms in total. The molecule has 8 heteroatoms. The van der Waals surface area contributed by atoms with Gasteiger partial charge in [0, 0.05) is 28.7 Å². The zero-order valence-electron chi connectivity index (χ0n) is 21.6. The van der Waals surface area contributed by atoms with Gasteiger partial charge < -0.3 is 14.4 Å². The Morgan fingerprint density at radius 3 is 2.26 bits per heavy atom. The number of nitrogens with zero attached hydrogens (tertiary/aromatic N) is 1. The quantitative estimate of drug-likeness (QED) is 0.531. The van der Waals surface area contributed by atoms with Gasteiger partial charge >= 0.3 is 7.12 Å². The molecule has 2 aromatic rings. The van der Waals surface area contributed by atoms with Crippen LogP contribution in [0.15, 0.2) is 30.3 Å². The zero-order chi connectivity index (χ0) is 25.6. The first-order chi connectivity index (χ1) is 16.0. The van der Waals surface area contributed by atoms with Crippen molar-refractivity contribution >= 4 is 24.4 Å². The first kappa shape index (κ1) is 27.4. The summed E-state index contributed by atoms with van der Waals surface area (Å²) in [5.41, 5.74) is 6.47. The number of amides is 2. The fraction of sp³-hybridized carbons (Fsp3) is 0.462. The average molecular weight is 468 g/mol. The van der Waals surface area contributed by atoms with Crippen LogP contribution >= 0.6 is 0 Å².